The van der Waals surface area contributed by atoms with Gasteiger partial charge in [-0.3, -0.25) is 9.79 Å². The molecule has 1 N–H and O–H groups in total. The van der Waals surface area contributed by atoms with Gasteiger partial charge < -0.3 is 19.9 Å². The molecule has 9 heteroatoms. The summed E-state index contributed by atoms with van der Waals surface area (Å²) in [6.45, 7) is 4.54. The van der Waals surface area contributed by atoms with Gasteiger partial charge in [0.05, 0.1) is 13.2 Å². The van der Waals surface area contributed by atoms with E-state index in [2.05, 4.69) is 15.2 Å². The first-order valence-corrected chi connectivity index (χ1v) is 9.85. The fourth-order valence-electron chi connectivity index (χ4n) is 3.76. The molecular weight excluding hydrogens is 493 g/mol. The molecule has 162 valence electrons. The van der Waals surface area contributed by atoms with E-state index in [1.54, 1.807) is 13.1 Å². The predicted octanol–water partition coefficient (Wildman–Crippen LogP) is 2.27. The smallest absolute Gasteiger partial charge is 0.225 e. The third kappa shape index (κ3) is 6.24. The van der Waals surface area contributed by atoms with E-state index < -0.39 is 11.6 Å². The number of nitrogens with zero attached hydrogens (tertiary/aromatic N) is 3. The maximum atomic E-state index is 13.7. The number of piperidine rings is 1. The number of likely N-dealkylation sites (tertiary alicyclic amines) is 1. The van der Waals surface area contributed by atoms with Crippen LogP contribution >= 0.6 is 24.0 Å². The molecule has 6 nitrogen and oxygen atoms in total. The highest BCUT2D eigenvalue weighted by molar-refractivity contribution is 14.0. The lowest BCUT2D eigenvalue weighted by Gasteiger charge is -2.36. The third-order valence-electron chi connectivity index (χ3n) is 5.39. The Bertz CT molecular complexity index is 706. The highest BCUT2D eigenvalue weighted by Crippen LogP contribution is 2.20. The van der Waals surface area contributed by atoms with E-state index in [0.717, 1.165) is 38.0 Å². The number of morpholine rings is 1. The molecule has 1 aromatic carbocycles. The second-order valence-electron chi connectivity index (χ2n) is 7.14. The zero-order valence-corrected chi connectivity index (χ0v) is 19.0. The molecule has 2 aliphatic rings. The van der Waals surface area contributed by atoms with Gasteiger partial charge in [0.2, 0.25) is 5.91 Å². The van der Waals surface area contributed by atoms with Crippen molar-refractivity contribution in [3.8, 4) is 0 Å². The average Bonchev–Trinajstić information content (AvgIpc) is 2.74. The lowest BCUT2D eigenvalue weighted by atomic mass is 9.95. The highest BCUT2D eigenvalue weighted by Gasteiger charge is 2.30. The van der Waals surface area contributed by atoms with E-state index in [1.165, 1.54) is 6.07 Å². The number of carbonyl (C=O) groups is 1. The Labute approximate surface area is 187 Å². The summed E-state index contributed by atoms with van der Waals surface area (Å²) >= 11 is 0. The standard InChI is InChI=1S/C20H28F2N4O2.HI/c1-23-20(24-8-5-15-3-2-4-17(21)18(15)22)26-9-6-16(7-10-26)19(27)25-11-13-28-14-12-25;/h2-4,16H,5-14H2,1H3,(H,23,24);1H. The van der Waals surface area contributed by atoms with Crippen molar-refractivity contribution < 1.29 is 18.3 Å². The Morgan fingerprint density at radius 2 is 1.86 bits per heavy atom. The van der Waals surface area contributed by atoms with Gasteiger partial charge in [0.1, 0.15) is 0 Å². The van der Waals surface area contributed by atoms with Gasteiger partial charge in [-0.15, -0.1) is 24.0 Å². The Morgan fingerprint density at radius 1 is 1.17 bits per heavy atom. The first-order valence-electron chi connectivity index (χ1n) is 9.85. The van der Waals surface area contributed by atoms with Crippen molar-refractivity contribution in [3.05, 3.63) is 35.4 Å². The van der Waals surface area contributed by atoms with Crippen molar-refractivity contribution in [2.75, 3.05) is 53.0 Å². The summed E-state index contributed by atoms with van der Waals surface area (Å²) in [5, 5.41) is 3.22. The summed E-state index contributed by atoms with van der Waals surface area (Å²) in [6.07, 6.45) is 1.94. The van der Waals surface area contributed by atoms with E-state index in [1.807, 2.05) is 4.90 Å². The molecular formula is C20H29F2IN4O2. The Balaban J connectivity index is 0.00000300. The highest BCUT2D eigenvalue weighted by atomic mass is 127. The second-order valence-corrected chi connectivity index (χ2v) is 7.14. The number of rotatable bonds is 4. The van der Waals surface area contributed by atoms with E-state index in [4.69, 9.17) is 4.74 Å². The SMILES string of the molecule is CN=C(NCCc1cccc(F)c1F)N1CCC(C(=O)N2CCOCC2)CC1.I. The van der Waals surface area contributed by atoms with Gasteiger partial charge in [0, 0.05) is 45.7 Å². The van der Waals surface area contributed by atoms with Crippen LogP contribution in [-0.4, -0.2) is 74.7 Å². The topological polar surface area (TPSA) is 57.2 Å². The van der Waals surface area contributed by atoms with E-state index in [-0.39, 0.29) is 35.8 Å². The Morgan fingerprint density at radius 3 is 2.52 bits per heavy atom. The normalized spacial score (nSPS) is 18.4. The molecule has 0 radical (unpaired) electrons. The number of carbonyl (C=O) groups excluding carboxylic acids is 1. The molecule has 0 atom stereocenters. The monoisotopic (exact) mass is 522 g/mol. The summed E-state index contributed by atoms with van der Waals surface area (Å²) in [4.78, 5) is 20.9. The number of ether oxygens (including phenoxy) is 1. The minimum Gasteiger partial charge on any atom is -0.378 e. The van der Waals surface area contributed by atoms with Gasteiger partial charge in [0.15, 0.2) is 17.6 Å². The van der Waals surface area contributed by atoms with Crippen LogP contribution in [0.15, 0.2) is 23.2 Å². The molecule has 29 heavy (non-hydrogen) atoms. The fraction of sp³-hybridized carbons (Fsp3) is 0.600. The van der Waals surface area contributed by atoms with Crippen molar-refractivity contribution in [1.82, 2.24) is 15.1 Å². The van der Waals surface area contributed by atoms with Gasteiger partial charge in [-0.25, -0.2) is 8.78 Å². The molecule has 1 amide bonds. The van der Waals surface area contributed by atoms with Crippen LogP contribution in [0, 0.1) is 17.6 Å². The molecule has 0 unspecified atom stereocenters. The molecule has 0 bridgehead atoms. The number of halogens is 3. The molecule has 0 saturated carbocycles. The summed E-state index contributed by atoms with van der Waals surface area (Å²) in [5.41, 5.74) is 0.345. The maximum Gasteiger partial charge on any atom is 0.225 e. The summed E-state index contributed by atoms with van der Waals surface area (Å²) < 4.78 is 32.4. The van der Waals surface area contributed by atoms with Crippen LogP contribution in [0.2, 0.25) is 0 Å². The van der Waals surface area contributed by atoms with Gasteiger partial charge >= 0.3 is 0 Å². The van der Waals surface area contributed by atoms with Gasteiger partial charge in [-0.2, -0.15) is 0 Å². The predicted molar refractivity (Wildman–Crippen MR) is 119 cm³/mol. The minimum atomic E-state index is -0.825. The molecule has 3 rings (SSSR count). The van der Waals surface area contributed by atoms with E-state index >= 15 is 0 Å². The van der Waals surface area contributed by atoms with Crippen molar-refractivity contribution in [3.63, 3.8) is 0 Å². The summed E-state index contributed by atoms with van der Waals surface area (Å²) in [7, 11) is 1.70. The van der Waals surface area contributed by atoms with Crippen LogP contribution in [0.3, 0.4) is 0 Å². The van der Waals surface area contributed by atoms with Crippen LogP contribution in [0.4, 0.5) is 8.78 Å². The van der Waals surface area contributed by atoms with E-state index in [0.29, 0.717) is 44.8 Å². The zero-order valence-electron chi connectivity index (χ0n) is 16.7. The number of guanidine groups is 1. The summed E-state index contributed by atoms with van der Waals surface area (Å²) in [6, 6.07) is 4.22. The molecule has 2 heterocycles. The Hall–Kier alpha value is -1.49. The van der Waals surface area contributed by atoms with Gasteiger partial charge in [0.25, 0.3) is 0 Å². The molecule has 2 saturated heterocycles. The van der Waals surface area contributed by atoms with Crippen molar-refractivity contribution >= 4 is 35.8 Å². The number of hydrogen-bond acceptors (Lipinski definition) is 3. The lowest BCUT2D eigenvalue weighted by Crippen LogP contribution is -2.50. The van der Waals surface area contributed by atoms with Gasteiger partial charge in [-0.05, 0) is 30.9 Å². The van der Waals surface area contributed by atoms with Crippen molar-refractivity contribution in [2.45, 2.75) is 19.3 Å². The van der Waals surface area contributed by atoms with Crippen LogP contribution in [0.5, 0.6) is 0 Å². The average molecular weight is 522 g/mol. The maximum absolute atomic E-state index is 13.7. The summed E-state index contributed by atoms with van der Waals surface area (Å²) in [5.74, 6) is -0.606. The number of hydrogen-bond donors (Lipinski definition) is 1. The first-order chi connectivity index (χ1) is 13.6. The van der Waals surface area contributed by atoms with E-state index in [9.17, 15) is 13.6 Å². The minimum absolute atomic E-state index is 0. The Kier molecular flexibility index (Phi) is 9.54. The number of amides is 1. The number of benzene rings is 1. The van der Waals surface area contributed by atoms with Crippen LogP contribution in [0.25, 0.3) is 0 Å². The largest absolute Gasteiger partial charge is 0.378 e. The molecule has 1 aromatic rings. The molecule has 0 spiro atoms. The number of aliphatic imine (C=N–C) groups is 1. The van der Waals surface area contributed by atoms with Crippen LogP contribution in [0.1, 0.15) is 18.4 Å². The molecule has 0 aromatic heterocycles. The van der Waals surface area contributed by atoms with Crippen LogP contribution < -0.4 is 5.32 Å². The zero-order chi connectivity index (χ0) is 19.9. The quantitative estimate of drug-likeness (QED) is 0.375. The fourth-order valence-corrected chi connectivity index (χ4v) is 3.76. The molecule has 2 fully saturated rings. The lowest BCUT2D eigenvalue weighted by molar-refractivity contribution is -0.140. The second kappa shape index (κ2) is 11.6. The first kappa shape index (κ1) is 23.8. The number of nitrogens with one attached hydrogen (secondary N) is 1. The van der Waals surface area contributed by atoms with Crippen molar-refractivity contribution in [2.24, 2.45) is 10.9 Å². The van der Waals surface area contributed by atoms with Crippen molar-refractivity contribution in [1.29, 1.82) is 0 Å². The molecule has 2 aliphatic heterocycles. The third-order valence-corrected chi connectivity index (χ3v) is 5.39. The van der Waals surface area contributed by atoms with Crippen LogP contribution in [-0.2, 0) is 16.0 Å². The molecule has 0 aliphatic carbocycles. The van der Waals surface area contributed by atoms with Gasteiger partial charge in [-0.1, -0.05) is 12.1 Å².